The van der Waals surface area contributed by atoms with Crippen LogP contribution in [0.1, 0.15) is 11.1 Å². The lowest BCUT2D eigenvalue weighted by Crippen LogP contribution is -2.28. The highest BCUT2D eigenvalue weighted by atomic mass is 16.2. The van der Waals surface area contributed by atoms with Gasteiger partial charge in [0.2, 0.25) is 5.91 Å². The van der Waals surface area contributed by atoms with E-state index in [0.717, 1.165) is 28.1 Å². The zero-order chi connectivity index (χ0) is 23.7. The first-order chi connectivity index (χ1) is 16.5. The number of benzene rings is 3. The summed E-state index contributed by atoms with van der Waals surface area (Å²) in [4.78, 5) is 30.1. The standard InChI is InChI=1S/C27H23N5O2/c1-18-12-13-19(2)22(14-18)24-15-25(32(30-24)20-8-4-3-5-9-20)29-26(33)16-31-17-28-23-11-7-6-10-21(23)27(31)34/h3-15,17H,16H2,1-2H3,(H,29,33). The molecule has 7 heteroatoms. The van der Waals surface area contributed by atoms with E-state index in [2.05, 4.69) is 28.5 Å². The first-order valence-corrected chi connectivity index (χ1v) is 11.0. The summed E-state index contributed by atoms with van der Waals surface area (Å²) >= 11 is 0. The molecule has 0 aliphatic heterocycles. The van der Waals surface area contributed by atoms with Crippen molar-refractivity contribution in [2.45, 2.75) is 20.4 Å². The fraction of sp³-hybridized carbons (Fsp3) is 0.111. The Morgan fingerprint density at radius 2 is 1.71 bits per heavy atom. The number of rotatable bonds is 5. The Labute approximate surface area is 196 Å². The van der Waals surface area contributed by atoms with Crippen LogP contribution >= 0.6 is 0 Å². The van der Waals surface area contributed by atoms with Crippen LogP contribution in [-0.4, -0.2) is 25.2 Å². The molecule has 2 aromatic heterocycles. The zero-order valence-electron chi connectivity index (χ0n) is 18.9. The quantitative estimate of drug-likeness (QED) is 0.428. The minimum atomic E-state index is -0.344. The average Bonchev–Trinajstić information content (AvgIpc) is 3.26. The smallest absolute Gasteiger partial charge is 0.261 e. The maximum atomic E-state index is 13.0. The molecule has 0 fully saturated rings. The second-order valence-electron chi connectivity index (χ2n) is 8.22. The number of anilines is 1. The molecule has 0 atom stereocenters. The fourth-order valence-corrected chi connectivity index (χ4v) is 3.94. The van der Waals surface area contributed by atoms with E-state index in [-0.39, 0.29) is 18.0 Å². The molecule has 0 aliphatic carbocycles. The van der Waals surface area contributed by atoms with E-state index < -0.39 is 0 Å². The maximum Gasteiger partial charge on any atom is 0.261 e. The van der Waals surface area contributed by atoms with E-state index in [1.807, 2.05) is 56.3 Å². The van der Waals surface area contributed by atoms with Gasteiger partial charge in [-0.2, -0.15) is 5.10 Å². The number of nitrogens with zero attached hydrogens (tertiary/aromatic N) is 4. The molecule has 0 aliphatic rings. The van der Waals surface area contributed by atoms with E-state index in [0.29, 0.717) is 16.7 Å². The molecule has 0 saturated carbocycles. The summed E-state index contributed by atoms with van der Waals surface area (Å²) in [6.07, 6.45) is 1.40. The van der Waals surface area contributed by atoms with Crippen molar-refractivity contribution >= 4 is 22.6 Å². The summed E-state index contributed by atoms with van der Waals surface area (Å²) in [5.41, 5.74) is 5.14. The number of carbonyl (C=O) groups excluding carboxylic acids is 1. The van der Waals surface area contributed by atoms with E-state index in [9.17, 15) is 9.59 Å². The molecular weight excluding hydrogens is 426 g/mol. The van der Waals surface area contributed by atoms with Crippen LogP contribution in [0.3, 0.4) is 0 Å². The molecule has 1 amide bonds. The SMILES string of the molecule is Cc1ccc(C)c(-c2cc(NC(=O)Cn3cnc4ccccc4c3=O)n(-c3ccccc3)n2)c1. The number of hydrogen-bond acceptors (Lipinski definition) is 4. The largest absolute Gasteiger partial charge is 0.309 e. The number of carbonyl (C=O) groups is 1. The van der Waals surface area contributed by atoms with Gasteiger partial charge in [-0.1, -0.05) is 48.0 Å². The monoisotopic (exact) mass is 449 g/mol. The van der Waals surface area contributed by atoms with Crippen LogP contribution in [-0.2, 0) is 11.3 Å². The van der Waals surface area contributed by atoms with Gasteiger partial charge in [0.05, 0.1) is 28.6 Å². The van der Waals surface area contributed by atoms with Gasteiger partial charge in [-0.05, 0) is 49.7 Å². The lowest BCUT2D eigenvalue weighted by atomic mass is 10.0. The van der Waals surface area contributed by atoms with Crippen molar-refractivity contribution in [2.24, 2.45) is 0 Å². The lowest BCUT2D eigenvalue weighted by molar-refractivity contribution is -0.116. The van der Waals surface area contributed by atoms with Crippen molar-refractivity contribution in [2.75, 3.05) is 5.32 Å². The van der Waals surface area contributed by atoms with Crippen molar-refractivity contribution in [3.63, 3.8) is 0 Å². The van der Waals surface area contributed by atoms with Crippen molar-refractivity contribution in [1.82, 2.24) is 19.3 Å². The fourth-order valence-electron chi connectivity index (χ4n) is 3.94. The number of fused-ring (bicyclic) bond motifs is 1. The molecule has 168 valence electrons. The number of aryl methyl sites for hydroxylation is 2. The van der Waals surface area contributed by atoms with Crippen LogP contribution in [0.2, 0.25) is 0 Å². The Balaban J connectivity index is 1.50. The lowest BCUT2D eigenvalue weighted by Gasteiger charge is -2.10. The van der Waals surface area contributed by atoms with Gasteiger partial charge in [0.15, 0.2) is 0 Å². The van der Waals surface area contributed by atoms with E-state index in [4.69, 9.17) is 5.10 Å². The molecule has 0 unspecified atom stereocenters. The molecule has 0 bridgehead atoms. The molecule has 5 aromatic rings. The van der Waals surface area contributed by atoms with Crippen molar-refractivity contribution in [3.05, 3.63) is 107 Å². The van der Waals surface area contributed by atoms with Crippen LogP contribution in [0.15, 0.2) is 90.0 Å². The Bertz CT molecular complexity index is 1570. The highest BCUT2D eigenvalue weighted by Gasteiger charge is 2.16. The summed E-state index contributed by atoms with van der Waals surface area (Å²) < 4.78 is 3.02. The summed E-state index contributed by atoms with van der Waals surface area (Å²) in [6, 6.07) is 24.8. The predicted molar refractivity (Wildman–Crippen MR) is 133 cm³/mol. The third kappa shape index (κ3) is 4.11. The van der Waals surface area contributed by atoms with Crippen molar-refractivity contribution < 1.29 is 4.79 Å². The normalized spacial score (nSPS) is 11.0. The highest BCUT2D eigenvalue weighted by Crippen LogP contribution is 2.28. The molecular formula is C27H23N5O2. The molecule has 1 N–H and O–H groups in total. The van der Waals surface area contributed by atoms with Crippen LogP contribution in [0.25, 0.3) is 27.8 Å². The summed E-state index contributed by atoms with van der Waals surface area (Å²) in [6.45, 7) is 3.91. The second kappa shape index (κ2) is 8.78. The van der Waals surface area contributed by atoms with Gasteiger partial charge in [-0.15, -0.1) is 0 Å². The van der Waals surface area contributed by atoms with E-state index in [1.54, 1.807) is 22.9 Å². The third-order valence-corrected chi connectivity index (χ3v) is 5.69. The first kappa shape index (κ1) is 21.3. The Hall–Kier alpha value is -4.52. The van der Waals surface area contributed by atoms with Gasteiger partial charge in [0.25, 0.3) is 5.56 Å². The summed E-state index contributed by atoms with van der Waals surface area (Å²) in [5.74, 6) is 0.178. The van der Waals surface area contributed by atoms with Gasteiger partial charge in [0, 0.05) is 11.6 Å². The highest BCUT2D eigenvalue weighted by molar-refractivity contribution is 5.91. The molecule has 5 rings (SSSR count). The number of nitrogens with one attached hydrogen (secondary N) is 1. The topological polar surface area (TPSA) is 81.8 Å². The minimum absolute atomic E-state index is 0.157. The summed E-state index contributed by atoms with van der Waals surface area (Å²) in [5, 5.41) is 8.20. The van der Waals surface area contributed by atoms with Gasteiger partial charge >= 0.3 is 0 Å². The van der Waals surface area contributed by atoms with E-state index >= 15 is 0 Å². The Morgan fingerprint density at radius 1 is 0.941 bits per heavy atom. The van der Waals surface area contributed by atoms with Gasteiger partial charge in [-0.25, -0.2) is 9.67 Å². The third-order valence-electron chi connectivity index (χ3n) is 5.69. The Morgan fingerprint density at radius 3 is 2.53 bits per heavy atom. The van der Waals surface area contributed by atoms with Crippen LogP contribution in [0.5, 0.6) is 0 Å². The molecule has 0 radical (unpaired) electrons. The molecule has 7 nitrogen and oxygen atoms in total. The summed E-state index contributed by atoms with van der Waals surface area (Å²) in [7, 11) is 0. The Kier molecular flexibility index (Phi) is 5.51. The van der Waals surface area contributed by atoms with Gasteiger partial charge in [0.1, 0.15) is 12.4 Å². The average molecular weight is 450 g/mol. The number of amides is 1. The molecule has 34 heavy (non-hydrogen) atoms. The molecule has 2 heterocycles. The van der Waals surface area contributed by atoms with Crippen molar-refractivity contribution in [1.29, 1.82) is 0 Å². The minimum Gasteiger partial charge on any atom is -0.309 e. The van der Waals surface area contributed by atoms with Crippen LogP contribution in [0.4, 0.5) is 5.82 Å². The maximum absolute atomic E-state index is 13.0. The van der Waals surface area contributed by atoms with Crippen LogP contribution in [0, 0.1) is 13.8 Å². The van der Waals surface area contributed by atoms with Crippen LogP contribution < -0.4 is 10.9 Å². The van der Waals surface area contributed by atoms with Gasteiger partial charge < -0.3 is 5.32 Å². The second-order valence-corrected chi connectivity index (χ2v) is 8.22. The number of para-hydroxylation sites is 2. The van der Waals surface area contributed by atoms with E-state index in [1.165, 1.54) is 10.9 Å². The van der Waals surface area contributed by atoms with Crippen molar-refractivity contribution in [3.8, 4) is 16.9 Å². The first-order valence-electron chi connectivity index (χ1n) is 11.0. The number of hydrogen-bond donors (Lipinski definition) is 1. The molecule has 0 saturated heterocycles. The predicted octanol–water partition coefficient (Wildman–Crippen LogP) is 4.50. The molecule has 0 spiro atoms. The van der Waals surface area contributed by atoms with Gasteiger partial charge in [-0.3, -0.25) is 14.2 Å². The molecule has 3 aromatic carbocycles. The zero-order valence-corrected chi connectivity index (χ0v) is 18.9. The number of aromatic nitrogens is 4.